The van der Waals surface area contributed by atoms with Gasteiger partial charge in [0.15, 0.2) is 5.82 Å². The lowest BCUT2D eigenvalue weighted by Crippen LogP contribution is -2.37. The van der Waals surface area contributed by atoms with E-state index >= 15 is 0 Å². The zero-order chi connectivity index (χ0) is 13.3. The third-order valence-electron chi connectivity index (χ3n) is 3.53. The Morgan fingerprint density at radius 3 is 2.72 bits per heavy atom. The third kappa shape index (κ3) is 2.30. The minimum Gasteiger partial charge on any atom is -0.396 e. The standard InChI is InChI=1S/C13H16F2N2O/c1-7-3-2-4-10(7)17-13(18)11-8(14)5-6-9(16)12(11)15/h5-7,10H,2-4,16H2,1H3,(H,17,18). The third-order valence-corrected chi connectivity index (χ3v) is 3.53. The first-order valence-corrected chi connectivity index (χ1v) is 6.05. The molecular formula is C13H16F2N2O. The number of carbonyl (C=O) groups is 1. The summed E-state index contributed by atoms with van der Waals surface area (Å²) in [5, 5.41) is 2.68. The molecule has 0 heterocycles. The lowest BCUT2D eigenvalue weighted by atomic mass is 10.1. The van der Waals surface area contributed by atoms with Crippen molar-refractivity contribution in [3.8, 4) is 0 Å². The van der Waals surface area contributed by atoms with E-state index in [1.807, 2.05) is 6.92 Å². The Bertz CT molecular complexity index is 476. The number of nitrogen functional groups attached to an aromatic ring is 1. The molecule has 1 amide bonds. The molecule has 1 aliphatic rings. The minimum atomic E-state index is -0.988. The Kier molecular flexibility index (Phi) is 3.50. The van der Waals surface area contributed by atoms with Gasteiger partial charge in [0.1, 0.15) is 11.4 Å². The monoisotopic (exact) mass is 254 g/mol. The van der Waals surface area contributed by atoms with Crippen molar-refractivity contribution in [2.45, 2.75) is 32.2 Å². The molecule has 0 radical (unpaired) electrons. The van der Waals surface area contributed by atoms with Crippen LogP contribution in [0.4, 0.5) is 14.5 Å². The first kappa shape index (κ1) is 12.8. The molecule has 3 nitrogen and oxygen atoms in total. The molecule has 2 unspecified atom stereocenters. The molecule has 1 saturated carbocycles. The lowest BCUT2D eigenvalue weighted by molar-refractivity contribution is 0.0921. The highest BCUT2D eigenvalue weighted by atomic mass is 19.1. The van der Waals surface area contributed by atoms with Gasteiger partial charge in [0.25, 0.3) is 5.91 Å². The van der Waals surface area contributed by atoms with Crippen LogP contribution in [0.2, 0.25) is 0 Å². The van der Waals surface area contributed by atoms with Crippen molar-refractivity contribution in [1.29, 1.82) is 0 Å². The summed E-state index contributed by atoms with van der Waals surface area (Å²) in [6.45, 7) is 2.02. The fraction of sp³-hybridized carbons (Fsp3) is 0.462. The maximum Gasteiger partial charge on any atom is 0.257 e. The normalized spacial score (nSPS) is 23.1. The van der Waals surface area contributed by atoms with E-state index in [9.17, 15) is 13.6 Å². The number of benzene rings is 1. The van der Waals surface area contributed by atoms with Gasteiger partial charge in [-0.2, -0.15) is 0 Å². The average molecular weight is 254 g/mol. The van der Waals surface area contributed by atoms with Gasteiger partial charge in [-0.15, -0.1) is 0 Å². The van der Waals surface area contributed by atoms with E-state index < -0.39 is 23.1 Å². The summed E-state index contributed by atoms with van der Waals surface area (Å²) in [5.41, 5.74) is 4.53. The number of rotatable bonds is 2. The Balaban J connectivity index is 2.21. The first-order chi connectivity index (χ1) is 8.50. The maximum absolute atomic E-state index is 13.7. The van der Waals surface area contributed by atoms with Crippen LogP contribution in [0.15, 0.2) is 12.1 Å². The summed E-state index contributed by atoms with van der Waals surface area (Å²) in [6, 6.07) is 2.10. The molecule has 0 spiro atoms. The second kappa shape index (κ2) is 4.92. The molecule has 1 fully saturated rings. The van der Waals surface area contributed by atoms with E-state index in [1.165, 1.54) is 0 Å². The van der Waals surface area contributed by atoms with E-state index in [-0.39, 0.29) is 11.7 Å². The molecule has 0 bridgehead atoms. The minimum absolute atomic E-state index is 0.0160. The van der Waals surface area contributed by atoms with Crippen LogP contribution in [0.3, 0.4) is 0 Å². The SMILES string of the molecule is CC1CCCC1NC(=O)c1c(F)ccc(N)c1F. The molecule has 0 aromatic heterocycles. The molecule has 2 atom stereocenters. The van der Waals surface area contributed by atoms with E-state index in [1.54, 1.807) is 0 Å². The molecule has 0 saturated heterocycles. The van der Waals surface area contributed by atoms with Crippen molar-refractivity contribution in [1.82, 2.24) is 5.32 Å². The molecule has 3 N–H and O–H groups in total. The summed E-state index contributed by atoms with van der Waals surface area (Å²) in [5.74, 6) is -2.26. The molecule has 2 rings (SSSR count). The van der Waals surface area contributed by atoms with Gasteiger partial charge >= 0.3 is 0 Å². The number of hydrogen-bond donors (Lipinski definition) is 2. The topological polar surface area (TPSA) is 55.1 Å². The highest BCUT2D eigenvalue weighted by molar-refractivity contribution is 5.95. The number of anilines is 1. The first-order valence-electron chi connectivity index (χ1n) is 6.05. The maximum atomic E-state index is 13.7. The highest BCUT2D eigenvalue weighted by Gasteiger charge is 2.27. The van der Waals surface area contributed by atoms with E-state index in [0.717, 1.165) is 31.4 Å². The molecule has 1 aliphatic carbocycles. The fourth-order valence-corrected chi connectivity index (χ4v) is 2.38. The summed E-state index contributed by atoms with van der Waals surface area (Å²) in [4.78, 5) is 11.9. The van der Waals surface area contributed by atoms with Crippen LogP contribution in [0.1, 0.15) is 36.5 Å². The Hall–Kier alpha value is -1.65. The molecule has 0 aliphatic heterocycles. The van der Waals surface area contributed by atoms with Crippen molar-refractivity contribution in [2.75, 3.05) is 5.73 Å². The van der Waals surface area contributed by atoms with Gasteiger partial charge < -0.3 is 11.1 Å². The predicted octanol–water partition coefficient (Wildman–Crippen LogP) is 2.47. The summed E-state index contributed by atoms with van der Waals surface area (Å²) < 4.78 is 27.2. The molecule has 1 aromatic rings. The van der Waals surface area contributed by atoms with Gasteiger partial charge in [-0.3, -0.25) is 4.79 Å². The lowest BCUT2D eigenvalue weighted by Gasteiger charge is -2.18. The Morgan fingerprint density at radius 2 is 2.11 bits per heavy atom. The van der Waals surface area contributed by atoms with Crippen LogP contribution in [0, 0.1) is 17.6 Å². The van der Waals surface area contributed by atoms with E-state index in [2.05, 4.69) is 5.32 Å². The average Bonchev–Trinajstić information content (AvgIpc) is 2.70. The van der Waals surface area contributed by atoms with Gasteiger partial charge in [0.2, 0.25) is 0 Å². The molecule has 1 aromatic carbocycles. The Morgan fingerprint density at radius 1 is 1.39 bits per heavy atom. The van der Waals surface area contributed by atoms with Crippen molar-refractivity contribution < 1.29 is 13.6 Å². The molecule has 98 valence electrons. The second-order valence-corrected chi connectivity index (χ2v) is 4.81. The number of amides is 1. The van der Waals surface area contributed by atoms with Gasteiger partial charge in [-0.1, -0.05) is 13.3 Å². The zero-order valence-electron chi connectivity index (χ0n) is 10.2. The van der Waals surface area contributed by atoms with Crippen molar-refractivity contribution >= 4 is 11.6 Å². The van der Waals surface area contributed by atoms with Crippen LogP contribution in [-0.2, 0) is 0 Å². The van der Waals surface area contributed by atoms with Crippen molar-refractivity contribution in [3.63, 3.8) is 0 Å². The van der Waals surface area contributed by atoms with Gasteiger partial charge in [0, 0.05) is 6.04 Å². The molecular weight excluding hydrogens is 238 g/mol. The van der Waals surface area contributed by atoms with Crippen molar-refractivity contribution in [2.24, 2.45) is 5.92 Å². The number of hydrogen-bond acceptors (Lipinski definition) is 2. The number of halogens is 2. The summed E-state index contributed by atoms with van der Waals surface area (Å²) in [7, 11) is 0. The summed E-state index contributed by atoms with van der Waals surface area (Å²) in [6.07, 6.45) is 2.89. The Labute approximate surface area is 104 Å². The number of nitrogens with one attached hydrogen (secondary N) is 1. The second-order valence-electron chi connectivity index (χ2n) is 4.81. The fourth-order valence-electron chi connectivity index (χ4n) is 2.38. The number of carbonyl (C=O) groups excluding carboxylic acids is 1. The van der Waals surface area contributed by atoms with Crippen LogP contribution in [-0.4, -0.2) is 11.9 Å². The van der Waals surface area contributed by atoms with E-state index in [4.69, 9.17) is 5.73 Å². The van der Waals surface area contributed by atoms with Crippen LogP contribution >= 0.6 is 0 Å². The quantitative estimate of drug-likeness (QED) is 0.796. The van der Waals surface area contributed by atoms with Gasteiger partial charge in [-0.05, 0) is 30.9 Å². The van der Waals surface area contributed by atoms with Gasteiger partial charge in [0.05, 0.1) is 5.69 Å². The van der Waals surface area contributed by atoms with Crippen molar-refractivity contribution in [3.05, 3.63) is 29.3 Å². The number of nitrogens with two attached hydrogens (primary N) is 1. The van der Waals surface area contributed by atoms with Crippen LogP contribution in [0.5, 0.6) is 0 Å². The zero-order valence-corrected chi connectivity index (χ0v) is 10.2. The molecule has 18 heavy (non-hydrogen) atoms. The van der Waals surface area contributed by atoms with Crippen LogP contribution in [0.25, 0.3) is 0 Å². The van der Waals surface area contributed by atoms with E-state index in [0.29, 0.717) is 5.92 Å². The van der Waals surface area contributed by atoms with Gasteiger partial charge in [-0.25, -0.2) is 8.78 Å². The van der Waals surface area contributed by atoms with Crippen LogP contribution < -0.4 is 11.1 Å². The summed E-state index contributed by atoms with van der Waals surface area (Å²) >= 11 is 0. The largest absolute Gasteiger partial charge is 0.396 e. The smallest absolute Gasteiger partial charge is 0.257 e. The predicted molar refractivity (Wildman–Crippen MR) is 65.0 cm³/mol. The highest BCUT2D eigenvalue weighted by Crippen LogP contribution is 2.26. The molecule has 5 heteroatoms.